The summed E-state index contributed by atoms with van der Waals surface area (Å²) >= 11 is 0.475. The summed E-state index contributed by atoms with van der Waals surface area (Å²) in [6.07, 6.45) is 4.43. The first-order chi connectivity index (χ1) is 11.0. The summed E-state index contributed by atoms with van der Waals surface area (Å²) in [6.45, 7) is 0. The predicted octanol–water partition coefficient (Wildman–Crippen LogP) is 2.61. The second-order valence-electron chi connectivity index (χ2n) is 4.37. The second kappa shape index (κ2) is 7.68. The molecule has 5 nitrogen and oxygen atoms in total. The van der Waals surface area contributed by atoms with Crippen molar-refractivity contribution in [1.29, 1.82) is 0 Å². The molecular formula is C15H13F2N3O2S. The summed E-state index contributed by atoms with van der Waals surface area (Å²) in [5.74, 6) is -2.68. The molecule has 0 radical (unpaired) electrons. The lowest BCUT2D eigenvalue weighted by Gasteiger charge is -2.01. The normalized spacial score (nSPS) is 11.1. The maximum atomic E-state index is 12.2. The van der Waals surface area contributed by atoms with Crippen molar-refractivity contribution >= 4 is 29.8 Å². The van der Waals surface area contributed by atoms with Gasteiger partial charge in [-0.25, -0.2) is 4.98 Å². The van der Waals surface area contributed by atoms with Crippen LogP contribution in [0.3, 0.4) is 0 Å². The van der Waals surface area contributed by atoms with Gasteiger partial charge in [-0.3, -0.25) is 9.59 Å². The van der Waals surface area contributed by atoms with Crippen molar-refractivity contribution in [2.75, 3.05) is 7.05 Å². The molecule has 0 spiro atoms. The highest BCUT2D eigenvalue weighted by Crippen LogP contribution is 2.25. The molecule has 2 rings (SSSR count). The van der Waals surface area contributed by atoms with E-state index in [0.717, 1.165) is 5.56 Å². The van der Waals surface area contributed by atoms with Gasteiger partial charge in [0.2, 0.25) is 0 Å². The zero-order valence-corrected chi connectivity index (χ0v) is 12.9. The Kier molecular flexibility index (Phi) is 5.64. The van der Waals surface area contributed by atoms with Gasteiger partial charge in [0.05, 0.1) is 0 Å². The molecule has 0 fully saturated rings. The second-order valence-corrected chi connectivity index (χ2v) is 5.43. The maximum absolute atomic E-state index is 12.2. The predicted molar refractivity (Wildman–Crippen MR) is 85.5 cm³/mol. The number of rotatable bonds is 5. The number of carbonyl (C=O) groups excluding carboxylic acids is 1. The molecule has 2 aromatic rings. The first-order valence-electron chi connectivity index (χ1n) is 6.54. The topological polar surface area (TPSA) is 74.8 Å². The first kappa shape index (κ1) is 16.9. The van der Waals surface area contributed by atoms with Crippen LogP contribution in [0, 0.1) is 0 Å². The van der Waals surface area contributed by atoms with Crippen LogP contribution in [0.2, 0.25) is 0 Å². The highest BCUT2D eigenvalue weighted by atomic mass is 32.2. The summed E-state index contributed by atoms with van der Waals surface area (Å²) in [5, 5.41) is 2.35. The zero-order valence-electron chi connectivity index (χ0n) is 12.0. The fourth-order valence-corrected chi connectivity index (χ4v) is 2.22. The van der Waals surface area contributed by atoms with E-state index in [0.29, 0.717) is 16.7 Å². The van der Waals surface area contributed by atoms with Gasteiger partial charge in [-0.05, 0) is 23.8 Å². The third-order valence-corrected chi connectivity index (χ3v) is 3.55. The van der Waals surface area contributed by atoms with E-state index < -0.39 is 17.2 Å². The summed E-state index contributed by atoms with van der Waals surface area (Å²) in [5.41, 5.74) is 0.155. The maximum Gasteiger partial charge on any atom is 0.288 e. The molecule has 0 aliphatic heterocycles. The Bertz CT molecular complexity index is 773. The van der Waals surface area contributed by atoms with Crippen molar-refractivity contribution in [1.82, 2.24) is 15.3 Å². The van der Waals surface area contributed by atoms with E-state index in [2.05, 4.69) is 15.3 Å². The number of nitrogens with zero attached hydrogens (tertiary/aromatic N) is 1. The minimum absolute atomic E-state index is 0.0713. The van der Waals surface area contributed by atoms with Crippen molar-refractivity contribution in [2.24, 2.45) is 0 Å². The third kappa shape index (κ3) is 4.75. The number of H-pyrrole nitrogens is 1. The number of aromatic amines is 1. The van der Waals surface area contributed by atoms with Crippen LogP contribution in [0.15, 0.2) is 40.2 Å². The fourth-order valence-electron chi connectivity index (χ4n) is 1.73. The minimum Gasteiger partial charge on any atom is -0.355 e. The number of aromatic nitrogens is 2. The van der Waals surface area contributed by atoms with Gasteiger partial charge in [-0.1, -0.05) is 30.0 Å². The molecule has 0 saturated carbocycles. The molecule has 1 aromatic heterocycles. The molecule has 120 valence electrons. The number of halogens is 2. The molecule has 0 bridgehead atoms. The monoisotopic (exact) mass is 337 g/mol. The van der Waals surface area contributed by atoms with Crippen LogP contribution in [-0.2, 0) is 0 Å². The highest BCUT2D eigenvalue weighted by Gasteiger charge is 2.08. The Morgan fingerprint density at radius 2 is 2.00 bits per heavy atom. The summed E-state index contributed by atoms with van der Waals surface area (Å²) < 4.78 is 24.4. The van der Waals surface area contributed by atoms with E-state index in [1.807, 2.05) is 0 Å². The van der Waals surface area contributed by atoms with Gasteiger partial charge in [0.15, 0.2) is 0 Å². The number of benzene rings is 1. The van der Waals surface area contributed by atoms with Crippen LogP contribution in [0.25, 0.3) is 12.2 Å². The van der Waals surface area contributed by atoms with Gasteiger partial charge in [-0.15, -0.1) is 0 Å². The Hall–Kier alpha value is -2.48. The average Bonchev–Trinajstić information content (AvgIpc) is 2.53. The van der Waals surface area contributed by atoms with Crippen molar-refractivity contribution in [3.05, 3.63) is 57.8 Å². The van der Waals surface area contributed by atoms with Crippen LogP contribution in [0.1, 0.15) is 21.7 Å². The van der Waals surface area contributed by atoms with Crippen LogP contribution in [0.5, 0.6) is 0 Å². The Balaban J connectivity index is 2.12. The molecule has 0 aliphatic carbocycles. The van der Waals surface area contributed by atoms with Gasteiger partial charge in [0.25, 0.3) is 17.2 Å². The van der Waals surface area contributed by atoms with E-state index >= 15 is 0 Å². The number of hydrogen-bond donors (Lipinski definition) is 2. The molecule has 8 heteroatoms. The molecule has 0 atom stereocenters. The van der Waals surface area contributed by atoms with Crippen molar-refractivity contribution in [2.45, 2.75) is 10.7 Å². The third-order valence-electron chi connectivity index (χ3n) is 2.83. The minimum atomic E-state index is -2.45. The number of thioether (sulfide) groups is 1. The van der Waals surface area contributed by atoms with Gasteiger partial charge >= 0.3 is 0 Å². The average molecular weight is 337 g/mol. The standard InChI is InChI=1S/C15H13F2N3O2S/c1-18-13(21)11-8-19-12(20-14(11)22)7-4-9-2-5-10(6-3-9)23-15(16)17/h2-8,15H,1H3,(H,18,21)(H,19,20,22). The SMILES string of the molecule is CNC(=O)c1cnc(C=Cc2ccc(SC(F)F)cc2)[nH]c1=O. The van der Waals surface area contributed by atoms with Gasteiger partial charge in [0, 0.05) is 18.1 Å². The Morgan fingerprint density at radius 3 is 2.57 bits per heavy atom. The highest BCUT2D eigenvalue weighted by molar-refractivity contribution is 7.99. The molecule has 0 saturated heterocycles. The number of hydrogen-bond acceptors (Lipinski definition) is 4. The molecule has 23 heavy (non-hydrogen) atoms. The van der Waals surface area contributed by atoms with Gasteiger partial charge in [-0.2, -0.15) is 8.78 Å². The first-order valence-corrected chi connectivity index (χ1v) is 7.42. The van der Waals surface area contributed by atoms with E-state index in [9.17, 15) is 18.4 Å². The molecule has 1 aromatic carbocycles. The van der Waals surface area contributed by atoms with Gasteiger partial charge in [0.1, 0.15) is 11.4 Å². The summed E-state index contributed by atoms with van der Waals surface area (Å²) in [7, 11) is 1.42. The molecule has 1 heterocycles. The molecular weight excluding hydrogens is 324 g/mol. The Morgan fingerprint density at radius 1 is 1.30 bits per heavy atom. The smallest absolute Gasteiger partial charge is 0.288 e. The summed E-state index contributed by atoms with van der Waals surface area (Å²) in [6, 6.07) is 6.53. The van der Waals surface area contributed by atoms with E-state index in [4.69, 9.17) is 0 Å². The quantitative estimate of drug-likeness (QED) is 0.823. The molecule has 0 unspecified atom stereocenters. The molecule has 2 N–H and O–H groups in total. The number of amides is 1. The lowest BCUT2D eigenvalue weighted by molar-refractivity contribution is 0.0961. The largest absolute Gasteiger partial charge is 0.355 e. The van der Waals surface area contributed by atoms with Gasteiger partial charge < -0.3 is 10.3 Å². The number of carbonyl (C=O) groups is 1. The lowest BCUT2D eigenvalue weighted by Crippen LogP contribution is -2.27. The fraction of sp³-hybridized carbons (Fsp3) is 0.133. The zero-order chi connectivity index (χ0) is 16.8. The lowest BCUT2D eigenvalue weighted by atomic mass is 10.2. The summed E-state index contributed by atoms with van der Waals surface area (Å²) in [4.78, 5) is 30.0. The van der Waals surface area contributed by atoms with Crippen LogP contribution in [-0.4, -0.2) is 28.7 Å². The molecule has 0 aliphatic rings. The van der Waals surface area contributed by atoms with E-state index in [-0.39, 0.29) is 11.4 Å². The Labute approximate surface area is 134 Å². The van der Waals surface area contributed by atoms with Crippen LogP contribution < -0.4 is 10.9 Å². The number of nitrogens with one attached hydrogen (secondary N) is 2. The van der Waals surface area contributed by atoms with E-state index in [1.165, 1.54) is 13.2 Å². The van der Waals surface area contributed by atoms with Crippen molar-refractivity contribution < 1.29 is 13.6 Å². The van der Waals surface area contributed by atoms with Crippen LogP contribution >= 0.6 is 11.8 Å². The van der Waals surface area contributed by atoms with Crippen molar-refractivity contribution in [3.8, 4) is 0 Å². The van der Waals surface area contributed by atoms with Crippen LogP contribution in [0.4, 0.5) is 8.78 Å². The number of alkyl halides is 2. The van der Waals surface area contributed by atoms with E-state index in [1.54, 1.807) is 36.4 Å². The molecule has 1 amide bonds. The van der Waals surface area contributed by atoms with Crippen molar-refractivity contribution in [3.63, 3.8) is 0 Å².